The number of β-amino-alcohol motifs (C(OH)–C–C–N with tert-alkyl or cyclic N) is 1. The van der Waals surface area contributed by atoms with Crippen molar-refractivity contribution in [3.05, 3.63) is 29.8 Å². The molecule has 16 heavy (non-hydrogen) atoms. The topological polar surface area (TPSA) is 40.5 Å². The zero-order valence-electron chi connectivity index (χ0n) is 9.90. The first-order chi connectivity index (χ1) is 7.40. The Kier molecular flexibility index (Phi) is 2.50. The third-order valence-corrected chi connectivity index (χ3v) is 2.88. The first kappa shape index (κ1) is 11.1. The molecule has 0 bridgehead atoms. The van der Waals surface area contributed by atoms with Crippen LogP contribution in [0.4, 0.5) is 5.69 Å². The van der Waals surface area contributed by atoms with Crippen LogP contribution in [0.5, 0.6) is 0 Å². The maximum atomic E-state index is 12.1. The highest BCUT2D eigenvalue weighted by molar-refractivity contribution is 6.04. The minimum atomic E-state index is -0.868. The molecule has 1 aliphatic rings. The molecule has 1 amide bonds. The molecule has 3 nitrogen and oxygen atoms in total. The number of benzene rings is 1. The summed E-state index contributed by atoms with van der Waals surface area (Å²) in [6.45, 7) is 5.68. The molecule has 0 saturated heterocycles. The number of nitrogens with zero attached hydrogens (tertiary/aromatic N) is 1. The Balaban J connectivity index is 2.38. The van der Waals surface area contributed by atoms with Crippen LogP contribution in [0.3, 0.4) is 0 Å². The number of fused-ring (bicyclic) bond motifs is 1. The van der Waals surface area contributed by atoms with Gasteiger partial charge < -0.3 is 10.0 Å². The fourth-order valence-electron chi connectivity index (χ4n) is 2.14. The van der Waals surface area contributed by atoms with Gasteiger partial charge in [-0.25, -0.2) is 0 Å². The van der Waals surface area contributed by atoms with Crippen LogP contribution >= 0.6 is 0 Å². The molecule has 86 valence electrons. The van der Waals surface area contributed by atoms with Crippen molar-refractivity contribution in [2.24, 2.45) is 0 Å². The van der Waals surface area contributed by atoms with Gasteiger partial charge in [0.15, 0.2) is 0 Å². The van der Waals surface area contributed by atoms with Crippen LogP contribution in [-0.4, -0.2) is 23.2 Å². The fraction of sp³-hybridized carbons (Fsp3) is 0.462. The molecular formula is C13H17NO2. The number of carbonyl (C=O) groups excluding carboxylic acids is 1. The average Bonchev–Trinajstić information content (AvgIpc) is 2.43. The Morgan fingerprint density at radius 2 is 2.00 bits per heavy atom. The van der Waals surface area contributed by atoms with Crippen LogP contribution in [0.1, 0.15) is 32.3 Å². The van der Waals surface area contributed by atoms with Crippen LogP contribution in [0.2, 0.25) is 0 Å². The van der Waals surface area contributed by atoms with Gasteiger partial charge in [0.2, 0.25) is 5.91 Å². The Morgan fingerprint density at radius 3 is 2.62 bits per heavy atom. The number of rotatable bonds is 2. The third-order valence-electron chi connectivity index (χ3n) is 2.88. The number of amides is 1. The largest absolute Gasteiger partial charge is 0.389 e. The van der Waals surface area contributed by atoms with Crippen molar-refractivity contribution in [3.63, 3.8) is 0 Å². The van der Waals surface area contributed by atoms with Crippen molar-refractivity contribution in [1.29, 1.82) is 0 Å². The molecule has 2 rings (SSSR count). The number of hydrogen-bond donors (Lipinski definition) is 1. The van der Waals surface area contributed by atoms with Crippen LogP contribution in [-0.2, 0) is 4.79 Å². The first-order valence-electron chi connectivity index (χ1n) is 5.53. The lowest BCUT2D eigenvalue weighted by molar-refractivity contribution is -0.119. The summed E-state index contributed by atoms with van der Waals surface area (Å²) in [6, 6.07) is 7.77. The van der Waals surface area contributed by atoms with Crippen molar-refractivity contribution < 1.29 is 9.90 Å². The first-order valence-corrected chi connectivity index (χ1v) is 5.53. The lowest BCUT2D eigenvalue weighted by Crippen LogP contribution is -2.40. The van der Waals surface area contributed by atoms with Gasteiger partial charge in [0.25, 0.3) is 0 Å². The van der Waals surface area contributed by atoms with Gasteiger partial charge in [-0.15, -0.1) is 0 Å². The molecule has 1 aromatic rings. The normalized spacial score (nSPS) is 20.1. The zero-order valence-corrected chi connectivity index (χ0v) is 9.90. The van der Waals surface area contributed by atoms with Crippen LogP contribution in [0.15, 0.2) is 24.3 Å². The van der Waals surface area contributed by atoms with E-state index in [4.69, 9.17) is 0 Å². The third kappa shape index (κ3) is 1.83. The smallest absolute Gasteiger partial charge is 0.234 e. The molecule has 3 heteroatoms. The Morgan fingerprint density at radius 1 is 1.38 bits per heavy atom. The second-order valence-corrected chi connectivity index (χ2v) is 5.02. The van der Waals surface area contributed by atoms with Gasteiger partial charge in [0.05, 0.1) is 18.1 Å². The van der Waals surface area contributed by atoms with Crippen molar-refractivity contribution in [3.8, 4) is 0 Å². The summed E-state index contributed by atoms with van der Waals surface area (Å²) in [5, 5.41) is 9.81. The highest BCUT2D eigenvalue weighted by Crippen LogP contribution is 2.37. The summed E-state index contributed by atoms with van der Waals surface area (Å²) < 4.78 is 0. The van der Waals surface area contributed by atoms with Gasteiger partial charge >= 0.3 is 0 Å². The number of aliphatic hydroxyl groups is 1. The van der Waals surface area contributed by atoms with E-state index in [2.05, 4.69) is 0 Å². The SMILES string of the molecule is CC1C(=O)N(CC(C)(C)O)c2ccccc21. The van der Waals surface area contributed by atoms with E-state index in [1.165, 1.54) is 0 Å². The summed E-state index contributed by atoms with van der Waals surface area (Å²) in [6.07, 6.45) is 0. The molecule has 0 saturated carbocycles. The molecule has 1 aliphatic heterocycles. The summed E-state index contributed by atoms with van der Waals surface area (Å²) in [5.74, 6) is -0.0260. The number of hydrogen-bond acceptors (Lipinski definition) is 2. The molecule has 1 N–H and O–H groups in total. The summed E-state index contributed by atoms with van der Waals surface area (Å²) in [7, 11) is 0. The zero-order chi connectivity index (χ0) is 11.9. The van der Waals surface area contributed by atoms with Gasteiger partial charge in [-0.3, -0.25) is 4.79 Å². The molecule has 0 radical (unpaired) electrons. The van der Waals surface area contributed by atoms with Gasteiger partial charge in [-0.2, -0.15) is 0 Å². The lowest BCUT2D eigenvalue weighted by atomic mass is 10.0. The molecule has 0 aromatic heterocycles. The van der Waals surface area contributed by atoms with Crippen molar-refractivity contribution in [2.45, 2.75) is 32.3 Å². The predicted octanol–water partition coefficient (Wildman–Crippen LogP) is 1.91. The monoisotopic (exact) mass is 219 g/mol. The predicted molar refractivity (Wildman–Crippen MR) is 63.5 cm³/mol. The van der Waals surface area contributed by atoms with Gasteiger partial charge in [-0.1, -0.05) is 18.2 Å². The van der Waals surface area contributed by atoms with Gasteiger partial charge in [-0.05, 0) is 32.4 Å². The molecular weight excluding hydrogens is 202 g/mol. The van der Waals surface area contributed by atoms with E-state index in [1.54, 1.807) is 18.7 Å². The molecule has 1 heterocycles. The van der Waals surface area contributed by atoms with Crippen LogP contribution in [0.25, 0.3) is 0 Å². The van der Waals surface area contributed by atoms with Crippen molar-refractivity contribution in [1.82, 2.24) is 0 Å². The maximum absolute atomic E-state index is 12.1. The van der Waals surface area contributed by atoms with E-state index in [1.807, 2.05) is 31.2 Å². The molecule has 1 atom stereocenters. The standard InChI is InChI=1S/C13H17NO2/c1-9-10-6-4-5-7-11(10)14(12(9)15)8-13(2,3)16/h4-7,9,16H,8H2,1-3H3. The van der Waals surface area contributed by atoms with E-state index >= 15 is 0 Å². The number of para-hydroxylation sites is 1. The molecule has 0 spiro atoms. The van der Waals surface area contributed by atoms with Gasteiger partial charge in [0.1, 0.15) is 0 Å². The second kappa shape index (κ2) is 3.59. The van der Waals surface area contributed by atoms with E-state index in [-0.39, 0.29) is 11.8 Å². The quantitative estimate of drug-likeness (QED) is 0.825. The Hall–Kier alpha value is -1.35. The van der Waals surface area contributed by atoms with Crippen LogP contribution in [0, 0.1) is 0 Å². The summed E-state index contributed by atoms with van der Waals surface area (Å²) in [5.41, 5.74) is 1.12. The average molecular weight is 219 g/mol. The number of carbonyl (C=O) groups is 1. The molecule has 1 aromatic carbocycles. The van der Waals surface area contributed by atoms with Crippen molar-refractivity contribution in [2.75, 3.05) is 11.4 Å². The maximum Gasteiger partial charge on any atom is 0.234 e. The Labute approximate surface area is 95.7 Å². The summed E-state index contributed by atoms with van der Waals surface area (Å²) in [4.78, 5) is 13.7. The van der Waals surface area contributed by atoms with E-state index in [9.17, 15) is 9.90 Å². The number of anilines is 1. The Bertz CT molecular complexity index is 420. The second-order valence-electron chi connectivity index (χ2n) is 5.02. The molecule has 0 aliphatic carbocycles. The minimum absolute atomic E-state index is 0.0725. The lowest BCUT2D eigenvalue weighted by Gasteiger charge is -2.26. The highest BCUT2D eigenvalue weighted by atomic mass is 16.3. The van der Waals surface area contributed by atoms with Gasteiger partial charge in [0, 0.05) is 5.69 Å². The van der Waals surface area contributed by atoms with E-state index in [0.717, 1.165) is 11.3 Å². The summed E-state index contributed by atoms with van der Waals surface area (Å²) >= 11 is 0. The molecule has 0 fully saturated rings. The fourth-order valence-corrected chi connectivity index (χ4v) is 2.14. The van der Waals surface area contributed by atoms with Crippen LogP contribution < -0.4 is 4.90 Å². The highest BCUT2D eigenvalue weighted by Gasteiger charge is 2.36. The molecule has 1 unspecified atom stereocenters. The van der Waals surface area contributed by atoms with E-state index in [0.29, 0.717) is 6.54 Å². The van der Waals surface area contributed by atoms with Crippen molar-refractivity contribution >= 4 is 11.6 Å². The minimum Gasteiger partial charge on any atom is -0.389 e. The van der Waals surface area contributed by atoms with E-state index < -0.39 is 5.60 Å².